The van der Waals surface area contributed by atoms with Gasteiger partial charge in [0.2, 0.25) is 5.75 Å². The number of fused-ring (bicyclic) bond motifs is 1. The van der Waals surface area contributed by atoms with E-state index in [1.54, 1.807) is 62.8 Å². The quantitative estimate of drug-likeness (QED) is 0.536. The first kappa shape index (κ1) is 16.4. The van der Waals surface area contributed by atoms with E-state index >= 15 is 0 Å². The van der Waals surface area contributed by atoms with Crippen LogP contribution < -0.4 is 4.74 Å². The average Bonchev–Trinajstić information content (AvgIpc) is 2.60. The Balaban J connectivity index is 2.04. The summed E-state index contributed by atoms with van der Waals surface area (Å²) in [6, 6.07) is 13.0. The van der Waals surface area contributed by atoms with Crippen molar-refractivity contribution in [2.24, 2.45) is 0 Å². The first-order valence-corrected chi connectivity index (χ1v) is 7.49. The number of carbonyl (C=O) groups excluding carboxylic acids is 1. The fraction of sp³-hybridized carbons (Fsp3) is 0.111. The van der Waals surface area contributed by atoms with Crippen LogP contribution in [0.5, 0.6) is 11.5 Å². The molecule has 126 valence electrons. The number of hydrogen-bond donors (Lipinski definition) is 0. The highest BCUT2D eigenvalue weighted by Gasteiger charge is 2.21. The Labute approximate surface area is 143 Å². The van der Waals surface area contributed by atoms with Crippen LogP contribution in [0.1, 0.15) is 10.4 Å². The third-order valence-corrected chi connectivity index (χ3v) is 3.62. The minimum Gasteiger partial charge on any atom is -0.450 e. The number of rotatable bonds is 4. The molecular weight excluding hydrogens is 322 g/mol. The smallest absolute Gasteiger partial charge is 0.320 e. The zero-order valence-electron chi connectivity index (χ0n) is 13.7. The largest absolute Gasteiger partial charge is 0.450 e. The molecule has 2 aromatic carbocycles. The molecule has 25 heavy (non-hydrogen) atoms. The maximum Gasteiger partial charge on any atom is 0.320 e. The topological polar surface area (TPSA) is 85.6 Å². The van der Waals surface area contributed by atoms with Crippen LogP contribution in [0, 0.1) is 10.1 Å². The molecule has 0 saturated heterocycles. The van der Waals surface area contributed by atoms with E-state index in [2.05, 4.69) is 4.98 Å². The van der Waals surface area contributed by atoms with Crippen LogP contribution in [-0.4, -0.2) is 34.8 Å². The van der Waals surface area contributed by atoms with E-state index in [1.807, 2.05) is 0 Å². The van der Waals surface area contributed by atoms with Crippen molar-refractivity contribution < 1.29 is 14.5 Å². The summed E-state index contributed by atoms with van der Waals surface area (Å²) in [5, 5.41) is 11.9. The van der Waals surface area contributed by atoms with Crippen molar-refractivity contribution in [2.75, 3.05) is 14.1 Å². The van der Waals surface area contributed by atoms with Gasteiger partial charge in [-0.2, -0.15) is 0 Å². The fourth-order valence-corrected chi connectivity index (χ4v) is 2.47. The van der Waals surface area contributed by atoms with Gasteiger partial charge in [0.1, 0.15) is 5.75 Å². The lowest BCUT2D eigenvalue weighted by Gasteiger charge is -2.12. The maximum absolute atomic E-state index is 12.1. The van der Waals surface area contributed by atoms with Gasteiger partial charge in [-0.05, 0) is 42.5 Å². The number of nitro benzene ring substituents is 1. The lowest BCUT2D eigenvalue weighted by molar-refractivity contribution is -0.383. The maximum atomic E-state index is 12.1. The van der Waals surface area contributed by atoms with Gasteiger partial charge in [0.05, 0.1) is 15.8 Å². The Hall–Kier alpha value is -3.48. The molecule has 0 bridgehead atoms. The van der Waals surface area contributed by atoms with Gasteiger partial charge in [-0.1, -0.05) is 6.07 Å². The fourth-order valence-electron chi connectivity index (χ4n) is 2.47. The highest BCUT2D eigenvalue weighted by molar-refractivity contribution is 5.94. The van der Waals surface area contributed by atoms with Gasteiger partial charge >= 0.3 is 5.69 Å². The standard InChI is InChI=1S/C18H15N3O4/c1-20(2)18(22)12-5-3-6-13(11-12)25-16-9-8-15-14(7-4-10-19-15)17(16)21(23)24/h3-11H,1-2H3. The number of pyridine rings is 1. The van der Waals surface area contributed by atoms with Gasteiger partial charge in [0.15, 0.2) is 0 Å². The number of benzene rings is 2. The molecular formula is C18H15N3O4. The molecule has 7 nitrogen and oxygen atoms in total. The third kappa shape index (κ3) is 3.25. The van der Waals surface area contributed by atoms with Gasteiger partial charge in [-0.15, -0.1) is 0 Å². The molecule has 0 aliphatic rings. The molecule has 0 unspecified atom stereocenters. The van der Waals surface area contributed by atoms with Crippen molar-refractivity contribution in [3.05, 3.63) is 70.4 Å². The summed E-state index contributed by atoms with van der Waals surface area (Å²) in [6.45, 7) is 0. The first-order chi connectivity index (χ1) is 12.0. The van der Waals surface area contributed by atoms with Crippen molar-refractivity contribution in [1.29, 1.82) is 0 Å². The molecule has 0 fully saturated rings. The molecule has 0 spiro atoms. The van der Waals surface area contributed by atoms with Crippen molar-refractivity contribution in [3.63, 3.8) is 0 Å². The molecule has 1 amide bonds. The number of amides is 1. The first-order valence-electron chi connectivity index (χ1n) is 7.49. The van der Waals surface area contributed by atoms with E-state index in [4.69, 9.17) is 4.74 Å². The minimum absolute atomic E-state index is 0.0972. The van der Waals surface area contributed by atoms with Crippen LogP contribution in [0.2, 0.25) is 0 Å². The predicted octanol–water partition coefficient (Wildman–Crippen LogP) is 3.64. The Kier molecular flexibility index (Phi) is 4.30. The molecule has 0 aliphatic heterocycles. The lowest BCUT2D eigenvalue weighted by atomic mass is 10.1. The van der Waals surface area contributed by atoms with Gasteiger partial charge < -0.3 is 9.64 Å². The van der Waals surface area contributed by atoms with E-state index in [1.165, 1.54) is 11.0 Å². The second-order valence-electron chi connectivity index (χ2n) is 5.57. The molecule has 0 aliphatic carbocycles. The summed E-state index contributed by atoms with van der Waals surface area (Å²) in [5.41, 5.74) is 0.792. The SMILES string of the molecule is CN(C)C(=O)c1cccc(Oc2ccc3ncccc3c2[N+](=O)[O-])c1. The average molecular weight is 337 g/mol. The normalized spacial score (nSPS) is 10.5. The summed E-state index contributed by atoms with van der Waals surface area (Å²) >= 11 is 0. The summed E-state index contributed by atoms with van der Waals surface area (Å²) < 4.78 is 5.71. The Morgan fingerprint density at radius 2 is 1.96 bits per heavy atom. The second kappa shape index (κ2) is 6.56. The molecule has 0 radical (unpaired) electrons. The van der Waals surface area contributed by atoms with Crippen molar-refractivity contribution in [3.8, 4) is 11.5 Å². The molecule has 3 aromatic rings. The van der Waals surface area contributed by atoms with Crippen LogP contribution in [0.15, 0.2) is 54.7 Å². The molecule has 0 saturated carbocycles. The number of nitrogens with zero attached hydrogens (tertiary/aromatic N) is 3. The van der Waals surface area contributed by atoms with Crippen LogP contribution >= 0.6 is 0 Å². The minimum atomic E-state index is -0.492. The van der Waals surface area contributed by atoms with Gasteiger partial charge in [0.25, 0.3) is 5.91 Å². The summed E-state index contributed by atoms with van der Waals surface area (Å²) in [5.74, 6) is 0.265. The Morgan fingerprint density at radius 1 is 1.16 bits per heavy atom. The molecule has 0 N–H and O–H groups in total. The molecule has 7 heteroatoms. The zero-order chi connectivity index (χ0) is 18.0. The van der Waals surface area contributed by atoms with Crippen LogP contribution in [0.3, 0.4) is 0 Å². The number of aromatic nitrogens is 1. The number of ether oxygens (including phenoxy) is 1. The van der Waals surface area contributed by atoms with E-state index < -0.39 is 4.92 Å². The molecule has 1 heterocycles. The van der Waals surface area contributed by atoms with Gasteiger partial charge in [0, 0.05) is 25.9 Å². The van der Waals surface area contributed by atoms with Crippen LogP contribution in [0.4, 0.5) is 5.69 Å². The lowest BCUT2D eigenvalue weighted by Crippen LogP contribution is -2.21. The Morgan fingerprint density at radius 3 is 2.68 bits per heavy atom. The Bertz CT molecular complexity index is 969. The third-order valence-electron chi connectivity index (χ3n) is 3.62. The van der Waals surface area contributed by atoms with Gasteiger partial charge in [-0.25, -0.2) is 0 Å². The van der Waals surface area contributed by atoms with E-state index in [9.17, 15) is 14.9 Å². The number of nitro groups is 1. The van der Waals surface area contributed by atoms with E-state index in [0.29, 0.717) is 22.2 Å². The number of hydrogen-bond acceptors (Lipinski definition) is 5. The van der Waals surface area contributed by atoms with E-state index in [-0.39, 0.29) is 17.3 Å². The van der Waals surface area contributed by atoms with Gasteiger partial charge in [-0.3, -0.25) is 19.9 Å². The van der Waals surface area contributed by atoms with Crippen molar-refractivity contribution >= 4 is 22.5 Å². The highest BCUT2D eigenvalue weighted by Crippen LogP contribution is 2.37. The second-order valence-corrected chi connectivity index (χ2v) is 5.57. The molecule has 0 atom stereocenters. The summed E-state index contributed by atoms with van der Waals surface area (Å²) in [6.07, 6.45) is 1.57. The monoisotopic (exact) mass is 337 g/mol. The number of carbonyl (C=O) groups is 1. The predicted molar refractivity (Wildman–Crippen MR) is 92.9 cm³/mol. The highest BCUT2D eigenvalue weighted by atomic mass is 16.6. The molecule has 1 aromatic heterocycles. The van der Waals surface area contributed by atoms with Crippen molar-refractivity contribution in [2.45, 2.75) is 0 Å². The zero-order valence-corrected chi connectivity index (χ0v) is 13.7. The van der Waals surface area contributed by atoms with Crippen molar-refractivity contribution in [1.82, 2.24) is 9.88 Å². The van der Waals surface area contributed by atoms with Crippen LogP contribution in [-0.2, 0) is 0 Å². The van der Waals surface area contributed by atoms with E-state index in [0.717, 1.165) is 0 Å². The summed E-state index contributed by atoms with van der Waals surface area (Å²) in [4.78, 5) is 28.7. The van der Waals surface area contributed by atoms with Crippen LogP contribution in [0.25, 0.3) is 10.9 Å². The molecule has 3 rings (SSSR count). The summed E-state index contributed by atoms with van der Waals surface area (Å²) in [7, 11) is 3.30.